The summed E-state index contributed by atoms with van der Waals surface area (Å²) < 4.78 is 36.3. The third-order valence-corrected chi connectivity index (χ3v) is 2.05. The van der Waals surface area contributed by atoms with E-state index in [1.807, 2.05) is 0 Å². The lowest BCUT2D eigenvalue weighted by Gasteiger charge is -2.21. The number of rotatable bonds is 5. The molecule has 0 unspecified atom stereocenters. The van der Waals surface area contributed by atoms with Crippen LogP contribution < -0.4 is 0 Å². The molecule has 0 bridgehead atoms. The number of nitrogens with zero attached hydrogens (tertiary/aromatic N) is 1. The Bertz CT molecular complexity index is 259. The van der Waals surface area contributed by atoms with Crippen LogP contribution in [0.15, 0.2) is 12.2 Å². The highest BCUT2D eigenvalue weighted by Crippen LogP contribution is 2.29. The fraction of sp³-hybridized carbons (Fsp3) is 0.667. The third kappa shape index (κ3) is 5.41. The van der Waals surface area contributed by atoms with E-state index in [0.717, 1.165) is 18.9 Å². The maximum atomic E-state index is 12.1. The molecule has 0 atom stereocenters. The SMILES string of the molecule is O=C(O)C=CCN(CC(F)(F)F)C1CC1. The minimum Gasteiger partial charge on any atom is -0.478 e. The first-order valence-electron chi connectivity index (χ1n) is 4.59. The van der Waals surface area contributed by atoms with Crippen molar-refractivity contribution < 1.29 is 23.1 Å². The van der Waals surface area contributed by atoms with Crippen LogP contribution >= 0.6 is 0 Å². The second-order valence-electron chi connectivity index (χ2n) is 3.52. The van der Waals surface area contributed by atoms with E-state index in [1.165, 1.54) is 11.0 Å². The van der Waals surface area contributed by atoms with Gasteiger partial charge in [-0.2, -0.15) is 13.2 Å². The Morgan fingerprint density at radius 3 is 2.47 bits per heavy atom. The van der Waals surface area contributed by atoms with Crippen LogP contribution in [0.1, 0.15) is 12.8 Å². The topological polar surface area (TPSA) is 40.5 Å². The number of hydrogen-bond donors (Lipinski definition) is 1. The van der Waals surface area contributed by atoms with Gasteiger partial charge in [0.25, 0.3) is 0 Å². The predicted octanol–water partition coefficient (Wildman–Crippen LogP) is 1.65. The zero-order chi connectivity index (χ0) is 11.5. The lowest BCUT2D eigenvalue weighted by Crippen LogP contribution is -2.36. The first-order valence-corrected chi connectivity index (χ1v) is 4.59. The summed E-state index contributed by atoms with van der Waals surface area (Å²) in [6.07, 6.45) is -0.591. The van der Waals surface area contributed by atoms with Gasteiger partial charge in [0.2, 0.25) is 0 Å². The Labute approximate surface area is 85.2 Å². The highest BCUT2D eigenvalue weighted by Gasteiger charge is 2.37. The normalized spacial score (nSPS) is 17.6. The molecule has 1 aliphatic rings. The average Bonchev–Trinajstić information content (AvgIpc) is 2.81. The van der Waals surface area contributed by atoms with Crippen molar-refractivity contribution in [2.24, 2.45) is 0 Å². The van der Waals surface area contributed by atoms with E-state index < -0.39 is 18.7 Å². The molecule has 0 radical (unpaired) electrons. The average molecular weight is 223 g/mol. The Morgan fingerprint density at radius 2 is 2.07 bits per heavy atom. The van der Waals surface area contributed by atoms with Gasteiger partial charge in [0.1, 0.15) is 0 Å². The molecule has 0 aromatic rings. The van der Waals surface area contributed by atoms with Crippen molar-refractivity contribution in [1.82, 2.24) is 4.90 Å². The van der Waals surface area contributed by atoms with Gasteiger partial charge in [0, 0.05) is 18.7 Å². The molecular formula is C9H12F3NO2. The van der Waals surface area contributed by atoms with Crippen LogP contribution in [0.5, 0.6) is 0 Å². The number of alkyl halides is 3. The summed E-state index contributed by atoms with van der Waals surface area (Å²) in [6.45, 7) is -0.932. The zero-order valence-corrected chi connectivity index (χ0v) is 8.00. The molecular weight excluding hydrogens is 211 g/mol. The molecule has 1 rings (SSSR count). The Balaban J connectivity index is 2.41. The molecule has 0 aromatic heterocycles. The number of carbonyl (C=O) groups is 1. The summed E-state index contributed by atoms with van der Waals surface area (Å²) in [5.41, 5.74) is 0. The summed E-state index contributed by atoms with van der Waals surface area (Å²) >= 11 is 0. The van der Waals surface area contributed by atoms with Crippen molar-refractivity contribution in [2.45, 2.75) is 25.1 Å². The van der Waals surface area contributed by atoms with Crippen molar-refractivity contribution in [3.05, 3.63) is 12.2 Å². The van der Waals surface area contributed by atoms with E-state index in [-0.39, 0.29) is 12.6 Å². The molecule has 86 valence electrons. The van der Waals surface area contributed by atoms with Gasteiger partial charge in [0.15, 0.2) is 0 Å². The second-order valence-corrected chi connectivity index (χ2v) is 3.52. The maximum absolute atomic E-state index is 12.1. The van der Waals surface area contributed by atoms with Gasteiger partial charge in [-0.1, -0.05) is 6.08 Å². The molecule has 0 spiro atoms. The van der Waals surface area contributed by atoms with Crippen molar-refractivity contribution in [1.29, 1.82) is 0 Å². The van der Waals surface area contributed by atoms with Crippen LogP contribution in [0.4, 0.5) is 13.2 Å². The first-order chi connectivity index (χ1) is 6.88. The molecule has 0 heterocycles. The van der Waals surface area contributed by atoms with E-state index in [1.54, 1.807) is 0 Å². The largest absolute Gasteiger partial charge is 0.478 e. The highest BCUT2D eigenvalue weighted by atomic mass is 19.4. The Hall–Kier alpha value is -1.04. The Kier molecular flexibility index (Phi) is 3.73. The fourth-order valence-electron chi connectivity index (χ4n) is 1.30. The van der Waals surface area contributed by atoms with E-state index in [2.05, 4.69) is 0 Å². The van der Waals surface area contributed by atoms with Crippen molar-refractivity contribution in [2.75, 3.05) is 13.1 Å². The van der Waals surface area contributed by atoms with E-state index in [0.29, 0.717) is 0 Å². The van der Waals surface area contributed by atoms with E-state index in [9.17, 15) is 18.0 Å². The molecule has 1 N–H and O–H groups in total. The summed E-state index contributed by atoms with van der Waals surface area (Å²) in [7, 11) is 0. The number of carboxylic acids is 1. The molecule has 1 saturated carbocycles. The van der Waals surface area contributed by atoms with Gasteiger partial charge < -0.3 is 5.11 Å². The van der Waals surface area contributed by atoms with Gasteiger partial charge in [-0.25, -0.2) is 4.79 Å². The van der Waals surface area contributed by atoms with Gasteiger partial charge >= 0.3 is 12.1 Å². The summed E-state index contributed by atoms with van der Waals surface area (Å²) in [5.74, 6) is -1.14. The van der Waals surface area contributed by atoms with Crippen LogP contribution in [0, 0.1) is 0 Å². The number of halogens is 3. The standard InChI is InChI=1S/C9H12F3NO2/c10-9(11,12)6-13(7-3-4-7)5-1-2-8(14)15/h1-2,7H,3-6H2,(H,14,15). The van der Waals surface area contributed by atoms with Crippen LogP contribution in [0.2, 0.25) is 0 Å². The molecule has 1 fully saturated rings. The summed E-state index contributed by atoms with van der Waals surface area (Å²) in [5, 5.41) is 8.29. The fourth-order valence-corrected chi connectivity index (χ4v) is 1.30. The molecule has 0 saturated heterocycles. The molecule has 1 aliphatic carbocycles. The van der Waals surface area contributed by atoms with Crippen LogP contribution in [-0.2, 0) is 4.79 Å². The number of carboxylic acid groups (broad SMARTS) is 1. The number of aliphatic carboxylic acids is 1. The monoisotopic (exact) mass is 223 g/mol. The van der Waals surface area contributed by atoms with E-state index in [4.69, 9.17) is 5.11 Å². The summed E-state index contributed by atoms with van der Waals surface area (Å²) in [4.78, 5) is 11.4. The predicted molar refractivity (Wildman–Crippen MR) is 47.4 cm³/mol. The minimum atomic E-state index is -4.22. The highest BCUT2D eigenvalue weighted by molar-refractivity contribution is 5.79. The zero-order valence-electron chi connectivity index (χ0n) is 8.00. The van der Waals surface area contributed by atoms with Gasteiger partial charge in [-0.05, 0) is 12.8 Å². The lowest BCUT2D eigenvalue weighted by molar-refractivity contribution is -0.145. The quantitative estimate of drug-likeness (QED) is 0.720. The minimum absolute atomic E-state index is 0.0370. The van der Waals surface area contributed by atoms with Gasteiger partial charge in [0.05, 0.1) is 6.54 Å². The van der Waals surface area contributed by atoms with Crippen molar-refractivity contribution in [3.8, 4) is 0 Å². The van der Waals surface area contributed by atoms with Gasteiger partial charge in [-0.3, -0.25) is 4.90 Å². The van der Waals surface area contributed by atoms with Crippen LogP contribution in [0.25, 0.3) is 0 Å². The number of hydrogen-bond acceptors (Lipinski definition) is 2. The maximum Gasteiger partial charge on any atom is 0.401 e. The molecule has 15 heavy (non-hydrogen) atoms. The third-order valence-electron chi connectivity index (χ3n) is 2.05. The molecule has 3 nitrogen and oxygen atoms in total. The van der Waals surface area contributed by atoms with E-state index >= 15 is 0 Å². The van der Waals surface area contributed by atoms with Crippen molar-refractivity contribution >= 4 is 5.97 Å². The second kappa shape index (κ2) is 4.65. The van der Waals surface area contributed by atoms with Crippen LogP contribution in [0.3, 0.4) is 0 Å². The Morgan fingerprint density at radius 1 is 1.47 bits per heavy atom. The van der Waals surface area contributed by atoms with Crippen LogP contribution in [-0.4, -0.2) is 41.3 Å². The molecule has 6 heteroatoms. The lowest BCUT2D eigenvalue weighted by atomic mass is 10.4. The van der Waals surface area contributed by atoms with Crippen molar-refractivity contribution in [3.63, 3.8) is 0 Å². The summed E-state index contributed by atoms with van der Waals surface area (Å²) in [6, 6.07) is -0.0370. The smallest absolute Gasteiger partial charge is 0.401 e. The molecule has 0 amide bonds. The molecule has 0 aromatic carbocycles. The first kappa shape index (κ1) is 12.0. The van der Waals surface area contributed by atoms with Gasteiger partial charge in [-0.15, -0.1) is 0 Å². The molecule has 0 aliphatic heterocycles.